The highest BCUT2D eigenvalue weighted by Gasteiger charge is 2.32. The Kier molecular flexibility index (Phi) is 9.31. The summed E-state index contributed by atoms with van der Waals surface area (Å²) >= 11 is 0. The van der Waals surface area contributed by atoms with E-state index in [1.807, 2.05) is 67.6 Å². The summed E-state index contributed by atoms with van der Waals surface area (Å²) in [5.41, 5.74) is 1.69. The van der Waals surface area contributed by atoms with Crippen molar-refractivity contribution in [3.63, 3.8) is 0 Å². The van der Waals surface area contributed by atoms with E-state index in [4.69, 9.17) is 0 Å². The second-order valence-corrected chi connectivity index (χ2v) is 8.72. The standard InChI is InChI=1S/C18H26O.C9H10O/c1-13(2)17-10-9-14(3)11-16(17)12-18(19)15-7-5-4-6-8-15;1-2-9(10)8-6-4-3-5-7-8/h4-8,13-14,16-17H,9-12H2,1-3H3;3-7H,2H2,1H3. The SMILES string of the molecule is CC1CCC(C(C)C)C(CC(=O)c2ccccc2)C1.CCC(=O)c1ccccc1. The lowest BCUT2D eigenvalue weighted by Gasteiger charge is -2.37. The maximum atomic E-state index is 12.4. The molecule has 1 aliphatic carbocycles. The van der Waals surface area contributed by atoms with Gasteiger partial charge in [-0.3, -0.25) is 9.59 Å². The average Bonchev–Trinajstić information content (AvgIpc) is 2.74. The van der Waals surface area contributed by atoms with Crippen LogP contribution in [-0.4, -0.2) is 11.6 Å². The van der Waals surface area contributed by atoms with Crippen molar-refractivity contribution in [2.24, 2.45) is 23.7 Å². The Bertz CT molecular complexity index is 749. The first kappa shape index (κ1) is 23.1. The maximum absolute atomic E-state index is 12.4. The van der Waals surface area contributed by atoms with Gasteiger partial charge >= 0.3 is 0 Å². The molecule has 0 heterocycles. The van der Waals surface area contributed by atoms with Crippen LogP contribution in [0, 0.1) is 23.7 Å². The first-order valence-corrected chi connectivity index (χ1v) is 11.1. The minimum Gasteiger partial charge on any atom is -0.294 e. The van der Waals surface area contributed by atoms with Gasteiger partial charge in [-0.2, -0.15) is 0 Å². The highest BCUT2D eigenvalue weighted by molar-refractivity contribution is 5.96. The van der Waals surface area contributed by atoms with Gasteiger partial charge in [-0.1, -0.05) is 94.8 Å². The number of carbonyl (C=O) groups is 2. The number of Topliss-reactive ketones (excluding diaryl/α,β-unsaturated/α-hetero) is 2. The van der Waals surface area contributed by atoms with Crippen LogP contribution in [0.5, 0.6) is 0 Å². The van der Waals surface area contributed by atoms with E-state index in [-0.39, 0.29) is 5.78 Å². The van der Waals surface area contributed by atoms with Crippen LogP contribution >= 0.6 is 0 Å². The molecule has 0 amide bonds. The molecule has 3 rings (SSSR count). The van der Waals surface area contributed by atoms with Crippen LogP contribution in [0.25, 0.3) is 0 Å². The molecular weight excluding hydrogens is 356 g/mol. The molecule has 3 atom stereocenters. The second-order valence-electron chi connectivity index (χ2n) is 8.72. The van der Waals surface area contributed by atoms with E-state index in [0.29, 0.717) is 24.0 Å². The molecule has 1 fully saturated rings. The van der Waals surface area contributed by atoms with Gasteiger partial charge in [0.1, 0.15) is 0 Å². The number of hydrogen-bond donors (Lipinski definition) is 0. The Morgan fingerprint density at radius 1 is 0.862 bits per heavy atom. The molecule has 0 aromatic heterocycles. The van der Waals surface area contributed by atoms with Gasteiger partial charge in [-0.25, -0.2) is 0 Å². The highest BCUT2D eigenvalue weighted by atomic mass is 16.1. The molecule has 1 aliphatic rings. The van der Waals surface area contributed by atoms with Crippen molar-refractivity contribution < 1.29 is 9.59 Å². The van der Waals surface area contributed by atoms with E-state index in [2.05, 4.69) is 20.8 Å². The smallest absolute Gasteiger partial charge is 0.163 e. The molecule has 2 heteroatoms. The zero-order valence-corrected chi connectivity index (χ0v) is 18.4. The van der Waals surface area contributed by atoms with Gasteiger partial charge in [0, 0.05) is 24.0 Å². The molecule has 0 aliphatic heterocycles. The van der Waals surface area contributed by atoms with E-state index in [1.165, 1.54) is 19.3 Å². The Hall–Kier alpha value is -2.22. The largest absolute Gasteiger partial charge is 0.294 e. The lowest BCUT2D eigenvalue weighted by atomic mass is 9.68. The lowest BCUT2D eigenvalue weighted by Crippen LogP contribution is -2.29. The molecule has 156 valence electrons. The van der Waals surface area contributed by atoms with Crippen molar-refractivity contribution >= 4 is 11.6 Å². The maximum Gasteiger partial charge on any atom is 0.163 e. The van der Waals surface area contributed by atoms with Crippen LogP contribution in [0.1, 0.15) is 80.5 Å². The number of benzene rings is 2. The van der Waals surface area contributed by atoms with Crippen LogP contribution in [0.15, 0.2) is 60.7 Å². The third kappa shape index (κ3) is 7.27. The number of hydrogen-bond acceptors (Lipinski definition) is 2. The second kappa shape index (κ2) is 11.7. The van der Waals surface area contributed by atoms with Crippen LogP contribution < -0.4 is 0 Å². The number of ketones is 2. The summed E-state index contributed by atoms with van der Waals surface area (Å²) < 4.78 is 0. The molecule has 0 radical (unpaired) electrons. The molecule has 0 spiro atoms. The van der Waals surface area contributed by atoms with E-state index in [1.54, 1.807) is 0 Å². The fourth-order valence-electron chi connectivity index (χ4n) is 4.44. The van der Waals surface area contributed by atoms with E-state index >= 15 is 0 Å². The first-order valence-electron chi connectivity index (χ1n) is 11.1. The lowest BCUT2D eigenvalue weighted by molar-refractivity contribution is 0.0855. The summed E-state index contributed by atoms with van der Waals surface area (Å²) in [6.45, 7) is 8.81. The van der Waals surface area contributed by atoms with Crippen molar-refractivity contribution in [1.29, 1.82) is 0 Å². The summed E-state index contributed by atoms with van der Waals surface area (Å²) in [5.74, 6) is 3.32. The third-order valence-electron chi connectivity index (χ3n) is 6.12. The normalized spacial score (nSPS) is 21.2. The Balaban J connectivity index is 0.000000253. The molecule has 2 aromatic rings. The van der Waals surface area contributed by atoms with Gasteiger partial charge in [-0.05, 0) is 36.5 Å². The molecule has 0 bridgehead atoms. The van der Waals surface area contributed by atoms with E-state index < -0.39 is 0 Å². The molecule has 3 unspecified atom stereocenters. The van der Waals surface area contributed by atoms with Gasteiger partial charge < -0.3 is 0 Å². The third-order valence-corrected chi connectivity index (χ3v) is 6.12. The Labute approximate surface area is 176 Å². The van der Waals surface area contributed by atoms with Crippen LogP contribution in [-0.2, 0) is 0 Å². The Morgan fingerprint density at radius 3 is 1.86 bits per heavy atom. The zero-order chi connectivity index (χ0) is 21.2. The van der Waals surface area contributed by atoms with Gasteiger partial charge in [0.2, 0.25) is 0 Å². The van der Waals surface area contributed by atoms with Crippen molar-refractivity contribution in [3.05, 3.63) is 71.8 Å². The molecular formula is C27H36O2. The van der Waals surface area contributed by atoms with Gasteiger partial charge in [0.05, 0.1) is 0 Å². The minimum atomic E-state index is 0.209. The predicted octanol–water partition coefficient (Wildman–Crippen LogP) is 7.25. The topological polar surface area (TPSA) is 34.1 Å². The zero-order valence-electron chi connectivity index (χ0n) is 18.4. The van der Waals surface area contributed by atoms with Crippen LogP contribution in [0.3, 0.4) is 0 Å². The van der Waals surface area contributed by atoms with Gasteiger partial charge in [-0.15, -0.1) is 0 Å². The Morgan fingerprint density at radius 2 is 1.38 bits per heavy atom. The van der Waals surface area contributed by atoms with Crippen LogP contribution in [0.4, 0.5) is 0 Å². The molecule has 2 nitrogen and oxygen atoms in total. The van der Waals surface area contributed by atoms with Gasteiger partial charge in [0.25, 0.3) is 0 Å². The van der Waals surface area contributed by atoms with Crippen molar-refractivity contribution in [3.8, 4) is 0 Å². The van der Waals surface area contributed by atoms with Crippen molar-refractivity contribution in [2.45, 2.75) is 59.8 Å². The highest BCUT2D eigenvalue weighted by Crippen LogP contribution is 2.40. The summed E-state index contributed by atoms with van der Waals surface area (Å²) in [7, 11) is 0. The van der Waals surface area contributed by atoms with E-state index in [0.717, 1.165) is 29.4 Å². The fourth-order valence-corrected chi connectivity index (χ4v) is 4.44. The van der Waals surface area contributed by atoms with Gasteiger partial charge in [0.15, 0.2) is 11.6 Å². The van der Waals surface area contributed by atoms with Crippen molar-refractivity contribution in [2.75, 3.05) is 0 Å². The van der Waals surface area contributed by atoms with E-state index in [9.17, 15) is 9.59 Å². The molecule has 0 N–H and O–H groups in total. The quantitative estimate of drug-likeness (QED) is 0.485. The monoisotopic (exact) mass is 392 g/mol. The molecule has 0 saturated heterocycles. The predicted molar refractivity (Wildman–Crippen MR) is 121 cm³/mol. The minimum absolute atomic E-state index is 0.209. The summed E-state index contributed by atoms with van der Waals surface area (Å²) in [6.07, 6.45) is 5.17. The number of carbonyl (C=O) groups excluding carboxylic acids is 2. The van der Waals surface area contributed by atoms with Crippen molar-refractivity contribution in [1.82, 2.24) is 0 Å². The summed E-state index contributed by atoms with van der Waals surface area (Å²) in [5, 5.41) is 0. The number of rotatable bonds is 6. The average molecular weight is 393 g/mol. The summed E-state index contributed by atoms with van der Waals surface area (Å²) in [6, 6.07) is 19.1. The molecule has 2 aromatic carbocycles. The summed E-state index contributed by atoms with van der Waals surface area (Å²) in [4.78, 5) is 23.4. The molecule has 1 saturated carbocycles. The molecule has 29 heavy (non-hydrogen) atoms. The first-order chi connectivity index (χ1) is 13.9. The fraction of sp³-hybridized carbons (Fsp3) is 0.481. The van der Waals surface area contributed by atoms with Crippen LogP contribution in [0.2, 0.25) is 0 Å².